The van der Waals surface area contributed by atoms with E-state index < -0.39 is 21.8 Å². The second kappa shape index (κ2) is 8.50. The number of rotatable bonds is 5. The van der Waals surface area contributed by atoms with Gasteiger partial charge in [-0.25, -0.2) is 8.42 Å². The third-order valence-corrected chi connectivity index (χ3v) is 6.84. The number of primary amides is 1. The standard InChI is InChI=1S/C19H20ClN3O5S/c1-22(14-4-2-13(3-5-14)18(21)24)19(25)16-12-15(6-7-17(16)20)29(26,27)23-8-10-28-11-9-23/h2-7,12H,8-11H2,1H3,(H2,21,24). The molecule has 8 nitrogen and oxygen atoms in total. The van der Waals surface area contributed by atoms with Gasteiger partial charge in [0.15, 0.2) is 0 Å². The molecule has 1 heterocycles. The summed E-state index contributed by atoms with van der Waals surface area (Å²) in [5.74, 6) is -1.06. The summed E-state index contributed by atoms with van der Waals surface area (Å²) in [5.41, 5.74) is 6.09. The number of amides is 2. The van der Waals surface area contributed by atoms with Crippen LogP contribution in [0.4, 0.5) is 5.69 Å². The highest BCUT2D eigenvalue weighted by Gasteiger charge is 2.28. The lowest BCUT2D eigenvalue weighted by Crippen LogP contribution is -2.40. The molecule has 154 valence electrons. The van der Waals surface area contributed by atoms with E-state index in [9.17, 15) is 18.0 Å². The zero-order valence-electron chi connectivity index (χ0n) is 15.7. The molecule has 0 aliphatic carbocycles. The van der Waals surface area contributed by atoms with Gasteiger partial charge in [0.2, 0.25) is 15.9 Å². The summed E-state index contributed by atoms with van der Waals surface area (Å²) in [6.45, 7) is 1.14. The third kappa shape index (κ3) is 4.43. The van der Waals surface area contributed by atoms with E-state index in [1.807, 2.05) is 0 Å². The summed E-state index contributed by atoms with van der Waals surface area (Å²) < 4.78 is 32.3. The van der Waals surface area contributed by atoms with Crippen LogP contribution in [0.25, 0.3) is 0 Å². The first kappa shape index (κ1) is 21.3. The number of carbonyl (C=O) groups excluding carboxylic acids is 2. The normalized spacial score (nSPS) is 15.1. The van der Waals surface area contributed by atoms with E-state index in [0.717, 1.165) is 0 Å². The van der Waals surface area contributed by atoms with Crippen molar-refractivity contribution >= 4 is 39.1 Å². The smallest absolute Gasteiger partial charge is 0.259 e. The van der Waals surface area contributed by atoms with Crippen LogP contribution in [0.15, 0.2) is 47.4 Å². The lowest BCUT2D eigenvalue weighted by atomic mass is 10.1. The summed E-state index contributed by atoms with van der Waals surface area (Å²) in [7, 11) is -2.24. The van der Waals surface area contributed by atoms with Crippen molar-refractivity contribution in [3.05, 3.63) is 58.6 Å². The van der Waals surface area contributed by atoms with Gasteiger partial charge in [-0.1, -0.05) is 11.6 Å². The van der Waals surface area contributed by atoms with Gasteiger partial charge in [0, 0.05) is 31.4 Å². The maximum absolute atomic E-state index is 13.0. The number of morpholine rings is 1. The Hall–Kier alpha value is -2.46. The van der Waals surface area contributed by atoms with E-state index in [1.54, 1.807) is 12.1 Å². The van der Waals surface area contributed by atoms with Gasteiger partial charge in [-0.2, -0.15) is 4.31 Å². The van der Waals surface area contributed by atoms with Crippen LogP contribution in [-0.4, -0.2) is 57.9 Å². The monoisotopic (exact) mass is 437 g/mol. The van der Waals surface area contributed by atoms with E-state index in [0.29, 0.717) is 24.5 Å². The number of nitrogens with two attached hydrogens (primary N) is 1. The first-order valence-electron chi connectivity index (χ1n) is 8.77. The van der Waals surface area contributed by atoms with Crippen LogP contribution >= 0.6 is 11.6 Å². The molecule has 0 bridgehead atoms. The van der Waals surface area contributed by atoms with Crippen molar-refractivity contribution in [2.24, 2.45) is 5.73 Å². The Morgan fingerprint density at radius 1 is 1.10 bits per heavy atom. The number of hydrogen-bond donors (Lipinski definition) is 1. The minimum Gasteiger partial charge on any atom is -0.379 e. The fourth-order valence-electron chi connectivity index (χ4n) is 2.91. The molecule has 0 radical (unpaired) electrons. The van der Waals surface area contributed by atoms with Crippen molar-refractivity contribution in [3.63, 3.8) is 0 Å². The first-order valence-corrected chi connectivity index (χ1v) is 10.6. The molecule has 1 saturated heterocycles. The maximum atomic E-state index is 13.0. The Bertz CT molecular complexity index is 1030. The quantitative estimate of drug-likeness (QED) is 0.766. The maximum Gasteiger partial charge on any atom is 0.259 e. The van der Waals surface area contributed by atoms with E-state index >= 15 is 0 Å². The first-order chi connectivity index (χ1) is 13.7. The predicted octanol–water partition coefficient (Wildman–Crippen LogP) is 1.74. The fraction of sp³-hybridized carbons (Fsp3) is 0.263. The van der Waals surface area contributed by atoms with Crippen molar-refractivity contribution in [1.82, 2.24) is 4.31 Å². The van der Waals surface area contributed by atoms with Crippen molar-refractivity contribution in [2.45, 2.75) is 4.90 Å². The molecule has 10 heteroatoms. The Morgan fingerprint density at radius 3 is 2.31 bits per heavy atom. The molecule has 1 aliphatic rings. The van der Waals surface area contributed by atoms with Crippen molar-refractivity contribution in [2.75, 3.05) is 38.3 Å². The molecular formula is C19H20ClN3O5S. The minimum atomic E-state index is -3.77. The molecule has 29 heavy (non-hydrogen) atoms. The zero-order chi connectivity index (χ0) is 21.2. The molecule has 0 unspecified atom stereocenters. The SMILES string of the molecule is CN(C(=O)c1cc(S(=O)(=O)N2CCOCC2)ccc1Cl)c1ccc(C(N)=O)cc1. The molecule has 0 aromatic heterocycles. The molecule has 3 rings (SSSR count). The second-order valence-corrected chi connectivity index (χ2v) is 8.78. The van der Waals surface area contributed by atoms with Gasteiger partial charge >= 0.3 is 0 Å². The highest BCUT2D eigenvalue weighted by Crippen LogP contribution is 2.26. The van der Waals surface area contributed by atoms with Crippen LogP contribution in [0.5, 0.6) is 0 Å². The lowest BCUT2D eigenvalue weighted by molar-refractivity contribution is 0.0730. The number of halogens is 1. The molecule has 2 aromatic carbocycles. The Morgan fingerprint density at radius 2 is 1.72 bits per heavy atom. The summed E-state index contributed by atoms with van der Waals surface area (Å²) in [4.78, 5) is 25.5. The molecule has 0 saturated carbocycles. The number of anilines is 1. The van der Waals surface area contributed by atoms with Crippen LogP contribution in [-0.2, 0) is 14.8 Å². The Kier molecular flexibility index (Phi) is 6.23. The third-order valence-electron chi connectivity index (χ3n) is 4.62. The number of benzene rings is 2. The summed E-state index contributed by atoms with van der Waals surface area (Å²) in [5, 5.41) is 0.136. The predicted molar refractivity (Wildman–Crippen MR) is 109 cm³/mol. The van der Waals surface area contributed by atoms with Crippen molar-refractivity contribution < 1.29 is 22.7 Å². The van der Waals surface area contributed by atoms with Crippen LogP contribution < -0.4 is 10.6 Å². The van der Waals surface area contributed by atoms with Crippen molar-refractivity contribution in [1.29, 1.82) is 0 Å². The van der Waals surface area contributed by atoms with Gasteiger partial charge in [0.05, 0.1) is 28.7 Å². The van der Waals surface area contributed by atoms with Gasteiger partial charge in [-0.05, 0) is 42.5 Å². The van der Waals surface area contributed by atoms with E-state index in [2.05, 4.69) is 0 Å². The number of carbonyl (C=O) groups is 2. The van der Waals surface area contributed by atoms with Gasteiger partial charge in [-0.15, -0.1) is 0 Å². The molecular weight excluding hydrogens is 418 g/mol. The van der Waals surface area contributed by atoms with Gasteiger partial charge < -0.3 is 15.4 Å². The van der Waals surface area contributed by atoms with Gasteiger partial charge in [0.25, 0.3) is 5.91 Å². The molecule has 2 amide bonds. The second-order valence-electron chi connectivity index (χ2n) is 6.43. The summed E-state index contributed by atoms with van der Waals surface area (Å²) >= 11 is 6.19. The van der Waals surface area contributed by atoms with Gasteiger partial charge in [0.1, 0.15) is 0 Å². The van der Waals surface area contributed by atoms with Crippen LogP contribution in [0.1, 0.15) is 20.7 Å². The van der Waals surface area contributed by atoms with Gasteiger partial charge in [-0.3, -0.25) is 9.59 Å². The highest BCUT2D eigenvalue weighted by atomic mass is 35.5. The van der Waals surface area contributed by atoms with Crippen molar-refractivity contribution in [3.8, 4) is 0 Å². The topological polar surface area (TPSA) is 110 Å². The van der Waals surface area contributed by atoms with E-state index in [-0.39, 0.29) is 28.6 Å². The average Bonchev–Trinajstić information content (AvgIpc) is 2.73. The van der Waals surface area contributed by atoms with Crippen LogP contribution in [0.3, 0.4) is 0 Å². The van der Waals surface area contributed by atoms with Crippen LogP contribution in [0, 0.1) is 0 Å². The summed E-state index contributed by atoms with van der Waals surface area (Å²) in [6.07, 6.45) is 0. The molecule has 0 spiro atoms. The van der Waals surface area contributed by atoms with Crippen LogP contribution in [0.2, 0.25) is 5.02 Å². The molecule has 0 atom stereocenters. The Labute approximate surface area is 173 Å². The number of nitrogens with zero attached hydrogens (tertiary/aromatic N) is 2. The molecule has 2 N–H and O–H groups in total. The van der Waals surface area contributed by atoms with E-state index in [1.165, 1.54) is 46.6 Å². The lowest BCUT2D eigenvalue weighted by Gasteiger charge is -2.26. The number of sulfonamides is 1. The summed E-state index contributed by atoms with van der Waals surface area (Å²) in [6, 6.07) is 10.2. The number of ether oxygens (including phenoxy) is 1. The highest BCUT2D eigenvalue weighted by molar-refractivity contribution is 7.89. The largest absolute Gasteiger partial charge is 0.379 e. The molecule has 1 aliphatic heterocycles. The number of hydrogen-bond acceptors (Lipinski definition) is 5. The fourth-order valence-corrected chi connectivity index (χ4v) is 4.55. The van der Waals surface area contributed by atoms with E-state index in [4.69, 9.17) is 22.1 Å². The molecule has 1 fully saturated rings. The average molecular weight is 438 g/mol. The Balaban J connectivity index is 1.90. The minimum absolute atomic E-state index is 0.00961. The zero-order valence-corrected chi connectivity index (χ0v) is 17.2. The molecule has 2 aromatic rings.